The smallest absolute Gasteiger partial charge is 0.257 e. The van der Waals surface area contributed by atoms with Crippen molar-refractivity contribution in [2.24, 2.45) is 0 Å². The third-order valence-electron chi connectivity index (χ3n) is 5.56. The average molecular weight is 418 g/mol. The molecular formula is C23H22N4O4. The third-order valence-corrected chi connectivity index (χ3v) is 5.56. The molecule has 3 heterocycles. The highest BCUT2D eigenvalue weighted by Crippen LogP contribution is 2.39. The van der Waals surface area contributed by atoms with E-state index >= 15 is 0 Å². The lowest BCUT2D eigenvalue weighted by Gasteiger charge is -2.38. The first-order valence-corrected chi connectivity index (χ1v) is 10.1. The maximum Gasteiger partial charge on any atom is 0.257 e. The second kappa shape index (κ2) is 7.88. The lowest BCUT2D eigenvalue weighted by atomic mass is 10.0. The minimum absolute atomic E-state index is 0.146. The van der Waals surface area contributed by atoms with E-state index in [4.69, 9.17) is 19.9 Å². The van der Waals surface area contributed by atoms with Gasteiger partial charge in [0.05, 0.1) is 24.3 Å². The van der Waals surface area contributed by atoms with Gasteiger partial charge >= 0.3 is 0 Å². The van der Waals surface area contributed by atoms with Crippen molar-refractivity contribution in [2.45, 2.75) is 19.1 Å². The molecule has 1 amide bonds. The van der Waals surface area contributed by atoms with E-state index < -0.39 is 0 Å². The van der Waals surface area contributed by atoms with E-state index in [9.17, 15) is 4.79 Å². The summed E-state index contributed by atoms with van der Waals surface area (Å²) >= 11 is 0. The van der Waals surface area contributed by atoms with E-state index in [0.717, 1.165) is 11.1 Å². The van der Waals surface area contributed by atoms with Crippen LogP contribution in [0.25, 0.3) is 0 Å². The predicted molar refractivity (Wildman–Crippen MR) is 113 cm³/mol. The molecule has 2 aromatic carbocycles. The number of nitrogen functional groups attached to an aromatic ring is 1. The molecule has 2 aliphatic heterocycles. The Morgan fingerprint density at radius 1 is 1.03 bits per heavy atom. The second-order valence-corrected chi connectivity index (χ2v) is 7.57. The van der Waals surface area contributed by atoms with Crippen molar-refractivity contribution >= 4 is 11.9 Å². The fourth-order valence-electron chi connectivity index (χ4n) is 3.94. The zero-order valence-corrected chi connectivity index (χ0v) is 17.0. The van der Waals surface area contributed by atoms with Crippen LogP contribution < -0.4 is 15.2 Å². The highest BCUT2D eigenvalue weighted by atomic mass is 16.7. The normalized spacial score (nSPS) is 20.0. The Bertz CT molecular complexity index is 1120. The van der Waals surface area contributed by atoms with Crippen LogP contribution in [0.15, 0.2) is 54.7 Å². The van der Waals surface area contributed by atoms with Crippen molar-refractivity contribution in [1.29, 1.82) is 0 Å². The van der Waals surface area contributed by atoms with Gasteiger partial charge in [0.25, 0.3) is 5.91 Å². The summed E-state index contributed by atoms with van der Waals surface area (Å²) in [5.74, 6) is 1.40. The van der Waals surface area contributed by atoms with Gasteiger partial charge in [0, 0.05) is 6.20 Å². The molecule has 0 bridgehead atoms. The minimum atomic E-state index is -0.326. The van der Waals surface area contributed by atoms with E-state index in [1.807, 2.05) is 48.5 Å². The first-order valence-electron chi connectivity index (χ1n) is 10.1. The molecule has 0 spiro atoms. The van der Waals surface area contributed by atoms with E-state index in [0.29, 0.717) is 35.8 Å². The predicted octanol–water partition coefficient (Wildman–Crippen LogP) is 3.05. The largest absolute Gasteiger partial charge is 0.454 e. The number of ether oxygens (including phenoxy) is 3. The van der Waals surface area contributed by atoms with Gasteiger partial charge in [-0.3, -0.25) is 4.79 Å². The third kappa shape index (κ3) is 3.77. The molecule has 8 nitrogen and oxygen atoms in total. The molecule has 158 valence electrons. The summed E-state index contributed by atoms with van der Waals surface area (Å²) in [6.45, 7) is 2.78. The number of hydrogen-bond donors (Lipinski definition) is 1. The van der Waals surface area contributed by atoms with E-state index in [-0.39, 0.29) is 30.9 Å². The monoisotopic (exact) mass is 418 g/mol. The topological polar surface area (TPSA) is 99.8 Å². The van der Waals surface area contributed by atoms with Gasteiger partial charge in [0.2, 0.25) is 12.7 Å². The first-order chi connectivity index (χ1) is 15.1. The highest BCUT2D eigenvalue weighted by Gasteiger charge is 2.34. The average Bonchev–Trinajstić information content (AvgIpc) is 3.27. The highest BCUT2D eigenvalue weighted by molar-refractivity contribution is 5.95. The molecule has 2 N–H and O–H groups in total. The van der Waals surface area contributed by atoms with Crippen LogP contribution in [0, 0.1) is 6.92 Å². The summed E-state index contributed by atoms with van der Waals surface area (Å²) in [6, 6.07) is 15.6. The van der Waals surface area contributed by atoms with Crippen LogP contribution in [0.3, 0.4) is 0 Å². The van der Waals surface area contributed by atoms with Crippen molar-refractivity contribution in [3.8, 4) is 11.5 Å². The van der Waals surface area contributed by atoms with Gasteiger partial charge in [0.15, 0.2) is 11.5 Å². The Morgan fingerprint density at radius 2 is 1.77 bits per heavy atom. The quantitative estimate of drug-likeness (QED) is 0.698. The molecule has 0 saturated carbocycles. The summed E-state index contributed by atoms with van der Waals surface area (Å²) in [6.07, 6.45) is 0.888. The molecule has 2 atom stereocenters. The van der Waals surface area contributed by atoms with Crippen LogP contribution in [0.1, 0.15) is 39.4 Å². The van der Waals surface area contributed by atoms with Crippen LogP contribution in [0.2, 0.25) is 0 Å². The fraction of sp³-hybridized carbons (Fsp3) is 0.261. The lowest BCUT2D eigenvalue weighted by Crippen LogP contribution is -2.44. The van der Waals surface area contributed by atoms with Gasteiger partial charge in [-0.15, -0.1) is 0 Å². The molecule has 1 aromatic heterocycles. The summed E-state index contributed by atoms with van der Waals surface area (Å²) in [4.78, 5) is 23.3. The number of aryl methyl sites for hydroxylation is 1. The summed E-state index contributed by atoms with van der Waals surface area (Å²) in [7, 11) is 0. The van der Waals surface area contributed by atoms with Crippen molar-refractivity contribution in [2.75, 3.05) is 25.6 Å². The number of anilines is 1. The van der Waals surface area contributed by atoms with E-state index in [2.05, 4.69) is 9.97 Å². The number of nitrogens with zero attached hydrogens (tertiary/aromatic N) is 3. The molecule has 1 saturated heterocycles. The molecule has 8 heteroatoms. The zero-order valence-electron chi connectivity index (χ0n) is 17.0. The molecule has 0 radical (unpaired) electrons. The Kier molecular flexibility index (Phi) is 4.91. The SMILES string of the molecule is Cc1nc(N)ncc1C(=O)N1C[C@@H](c2ccccc2)O[C@@H](c2ccc3c(c2)OCO3)C1. The molecule has 0 unspecified atom stereocenters. The molecule has 5 rings (SSSR count). The second-order valence-electron chi connectivity index (χ2n) is 7.57. The van der Waals surface area contributed by atoms with Crippen LogP contribution in [0.5, 0.6) is 11.5 Å². The number of rotatable bonds is 3. The van der Waals surface area contributed by atoms with Crippen LogP contribution in [-0.4, -0.2) is 40.7 Å². The standard InChI is InChI=1S/C23H22N4O4/c1-14-17(10-25-23(24)26-14)22(28)27-11-20(15-5-3-2-4-6-15)31-21(12-27)16-7-8-18-19(9-16)30-13-29-18/h2-10,20-21H,11-13H2,1H3,(H2,24,25,26)/t20-,21+/m0/s1. The van der Waals surface area contributed by atoms with Crippen molar-refractivity contribution in [3.63, 3.8) is 0 Å². The lowest BCUT2D eigenvalue weighted by molar-refractivity contribution is -0.0798. The van der Waals surface area contributed by atoms with Crippen LogP contribution in [-0.2, 0) is 4.74 Å². The minimum Gasteiger partial charge on any atom is -0.454 e. The van der Waals surface area contributed by atoms with Gasteiger partial charge < -0.3 is 24.8 Å². The molecule has 31 heavy (non-hydrogen) atoms. The Morgan fingerprint density at radius 3 is 2.55 bits per heavy atom. The number of morpholine rings is 1. The van der Waals surface area contributed by atoms with E-state index in [1.54, 1.807) is 11.8 Å². The number of amides is 1. The van der Waals surface area contributed by atoms with E-state index in [1.165, 1.54) is 6.20 Å². The van der Waals surface area contributed by atoms with Gasteiger partial charge in [-0.1, -0.05) is 36.4 Å². The van der Waals surface area contributed by atoms with Gasteiger partial charge in [-0.2, -0.15) is 0 Å². The van der Waals surface area contributed by atoms with Crippen molar-refractivity contribution in [3.05, 3.63) is 77.1 Å². The zero-order chi connectivity index (χ0) is 21.4. The van der Waals surface area contributed by atoms with Crippen molar-refractivity contribution in [1.82, 2.24) is 14.9 Å². The maximum atomic E-state index is 13.4. The first kappa shape index (κ1) is 19.3. The molecule has 0 aliphatic carbocycles. The van der Waals surface area contributed by atoms with Crippen LogP contribution in [0.4, 0.5) is 5.95 Å². The van der Waals surface area contributed by atoms with Crippen molar-refractivity contribution < 1.29 is 19.0 Å². The Hall–Kier alpha value is -3.65. The van der Waals surface area contributed by atoms with Gasteiger partial charge in [-0.05, 0) is 30.2 Å². The van der Waals surface area contributed by atoms with Crippen LogP contribution >= 0.6 is 0 Å². The summed E-state index contributed by atoms with van der Waals surface area (Å²) in [5, 5.41) is 0. The molecule has 3 aromatic rings. The number of fused-ring (bicyclic) bond motifs is 1. The Labute approximate surface area is 179 Å². The van der Waals surface area contributed by atoms with Gasteiger partial charge in [0.1, 0.15) is 12.2 Å². The number of carbonyl (C=O) groups excluding carboxylic acids is 1. The Balaban J connectivity index is 1.48. The van der Waals surface area contributed by atoms with Gasteiger partial charge in [-0.25, -0.2) is 9.97 Å². The number of aromatic nitrogens is 2. The number of benzene rings is 2. The number of nitrogens with two attached hydrogens (primary N) is 1. The molecule has 1 fully saturated rings. The molecule has 2 aliphatic rings. The molecular weight excluding hydrogens is 396 g/mol. The number of carbonyl (C=O) groups is 1. The summed E-state index contributed by atoms with van der Waals surface area (Å²) < 4.78 is 17.4. The maximum absolute atomic E-state index is 13.4. The number of hydrogen-bond acceptors (Lipinski definition) is 7. The summed E-state index contributed by atoms with van der Waals surface area (Å²) in [5.41, 5.74) is 8.58. The fourth-order valence-corrected chi connectivity index (χ4v) is 3.94.